The molecule has 3 rings (SSSR count). The third kappa shape index (κ3) is 4.16. The Bertz CT molecular complexity index is 1020. The summed E-state index contributed by atoms with van der Waals surface area (Å²) in [5.74, 6) is -0.0309. The van der Waals surface area contributed by atoms with Crippen LogP contribution in [0.25, 0.3) is 21.8 Å². The van der Waals surface area contributed by atoms with E-state index in [0.29, 0.717) is 6.42 Å². The molecule has 26 heavy (non-hydrogen) atoms. The molecule has 134 valence electrons. The van der Waals surface area contributed by atoms with Crippen LogP contribution < -0.4 is 10.5 Å². The maximum Gasteiger partial charge on any atom is 0.238 e. The SMILES string of the molecule is CCC(=O)Nc1ccc(-c2csc(-c3ccc(S(N)(=O)=O)cc3)n2)cc1. The number of thiazole rings is 1. The molecule has 0 spiro atoms. The molecule has 0 aliphatic carbocycles. The van der Waals surface area contributed by atoms with Crippen LogP contribution in [0.15, 0.2) is 58.8 Å². The van der Waals surface area contributed by atoms with Crippen LogP contribution in [0.4, 0.5) is 5.69 Å². The Labute approximate surface area is 155 Å². The van der Waals surface area contributed by atoms with Gasteiger partial charge in [-0.2, -0.15) is 0 Å². The number of nitrogens with one attached hydrogen (secondary N) is 1. The quantitative estimate of drug-likeness (QED) is 0.700. The zero-order valence-electron chi connectivity index (χ0n) is 14.0. The van der Waals surface area contributed by atoms with E-state index in [1.54, 1.807) is 19.1 Å². The summed E-state index contributed by atoms with van der Waals surface area (Å²) in [6.07, 6.45) is 0.432. The number of carbonyl (C=O) groups excluding carboxylic acids is 1. The Kier molecular flexibility index (Phi) is 5.17. The normalized spacial score (nSPS) is 11.3. The first kappa shape index (κ1) is 18.2. The van der Waals surface area contributed by atoms with Crippen molar-refractivity contribution in [1.29, 1.82) is 0 Å². The number of amides is 1. The minimum absolute atomic E-state index is 0.0309. The standard InChI is InChI=1S/C18H17N3O3S2/c1-2-17(22)20-14-7-3-12(4-8-14)16-11-25-18(21-16)13-5-9-15(10-6-13)26(19,23)24/h3-11H,2H2,1H3,(H,20,22)(H2,19,23,24). The minimum atomic E-state index is -3.70. The molecule has 1 heterocycles. The molecular formula is C18H17N3O3S2. The first-order chi connectivity index (χ1) is 12.4. The highest BCUT2D eigenvalue weighted by molar-refractivity contribution is 7.89. The summed E-state index contributed by atoms with van der Waals surface area (Å²) in [5, 5.41) is 10.6. The number of carbonyl (C=O) groups is 1. The molecule has 0 aliphatic rings. The number of aromatic nitrogens is 1. The fourth-order valence-electron chi connectivity index (χ4n) is 2.30. The minimum Gasteiger partial charge on any atom is -0.326 e. The van der Waals surface area contributed by atoms with Gasteiger partial charge in [0.2, 0.25) is 15.9 Å². The highest BCUT2D eigenvalue weighted by Crippen LogP contribution is 2.30. The van der Waals surface area contributed by atoms with Crippen LogP contribution in [0.2, 0.25) is 0 Å². The molecule has 0 aliphatic heterocycles. The summed E-state index contributed by atoms with van der Waals surface area (Å²) in [4.78, 5) is 16.1. The summed E-state index contributed by atoms with van der Waals surface area (Å²) >= 11 is 1.47. The molecular weight excluding hydrogens is 370 g/mol. The lowest BCUT2D eigenvalue weighted by Crippen LogP contribution is -2.11. The highest BCUT2D eigenvalue weighted by Gasteiger charge is 2.10. The molecule has 0 bridgehead atoms. The van der Waals surface area contributed by atoms with Crippen molar-refractivity contribution in [3.05, 3.63) is 53.9 Å². The molecule has 0 saturated heterocycles. The van der Waals surface area contributed by atoms with E-state index in [1.807, 2.05) is 29.6 Å². The number of primary sulfonamides is 1. The summed E-state index contributed by atoms with van der Waals surface area (Å²) in [6.45, 7) is 1.80. The lowest BCUT2D eigenvalue weighted by atomic mass is 10.1. The molecule has 0 unspecified atom stereocenters. The van der Waals surface area contributed by atoms with Crippen molar-refractivity contribution in [1.82, 2.24) is 4.98 Å². The van der Waals surface area contributed by atoms with E-state index in [9.17, 15) is 13.2 Å². The van der Waals surface area contributed by atoms with Crippen LogP contribution in [-0.4, -0.2) is 19.3 Å². The van der Waals surface area contributed by atoms with Gasteiger partial charge in [-0.3, -0.25) is 4.79 Å². The maximum absolute atomic E-state index is 11.4. The second-order valence-corrected chi connectivity index (χ2v) is 8.01. The van der Waals surface area contributed by atoms with E-state index < -0.39 is 10.0 Å². The smallest absolute Gasteiger partial charge is 0.238 e. The Balaban J connectivity index is 1.80. The van der Waals surface area contributed by atoms with Gasteiger partial charge in [0, 0.05) is 28.6 Å². The fraction of sp³-hybridized carbons (Fsp3) is 0.111. The summed E-state index contributed by atoms with van der Waals surface area (Å²) < 4.78 is 22.6. The fourth-order valence-corrected chi connectivity index (χ4v) is 3.65. The number of hydrogen-bond donors (Lipinski definition) is 2. The molecule has 8 heteroatoms. The van der Waals surface area contributed by atoms with Crippen molar-refractivity contribution in [2.75, 3.05) is 5.32 Å². The predicted molar refractivity (Wildman–Crippen MR) is 103 cm³/mol. The predicted octanol–water partition coefficient (Wildman–Crippen LogP) is 3.47. The van der Waals surface area contributed by atoms with Gasteiger partial charge in [-0.15, -0.1) is 11.3 Å². The van der Waals surface area contributed by atoms with Gasteiger partial charge in [-0.05, 0) is 24.3 Å². The largest absolute Gasteiger partial charge is 0.326 e. The van der Waals surface area contributed by atoms with Crippen LogP contribution in [-0.2, 0) is 14.8 Å². The molecule has 0 saturated carbocycles. The Morgan fingerprint density at radius 1 is 1.08 bits per heavy atom. The number of hydrogen-bond acceptors (Lipinski definition) is 5. The van der Waals surface area contributed by atoms with E-state index in [-0.39, 0.29) is 10.8 Å². The summed E-state index contributed by atoms with van der Waals surface area (Å²) in [6, 6.07) is 13.8. The van der Waals surface area contributed by atoms with Crippen molar-refractivity contribution < 1.29 is 13.2 Å². The van der Waals surface area contributed by atoms with E-state index in [0.717, 1.165) is 27.5 Å². The molecule has 3 N–H and O–H groups in total. The second-order valence-electron chi connectivity index (χ2n) is 5.59. The van der Waals surface area contributed by atoms with Crippen LogP contribution in [0.3, 0.4) is 0 Å². The van der Waals surface area contributed by atoms with E-state index in [4.69, 9.17) is 5.14 Å². The van der Waals surface area contributed by atoms with E-state index in [1.165, 1.54) is 23.5 Å². The van der Waals surface area contributed by atoms with Crippen molar-refractivity contribution in [3.63, 3.8) is 0 Å². The number of benzene rings is 2. The van der Waals surface area contributed by atoms with Crippen LogP contribution >= 0.6 is 11.3 Å². The lowest BCUT2D eigenvalue weighted by molar-refractivity contribution is -0.115. The van der Waals surface area contributed by atoms with Crippen LogP contribution in [0, 0.1) is 0 Å². The highest BCUT2D eigenvalue weighted by atomic mass is 32.2. The number of rotatable bonds is 5. The van der Waals surface area contributed by atoms with Crippen molar-refractivity contribution in [3.8, 4) is 21.8 Å². The van der Waals surface area contributed by atoms with Gasteiger partial charge >= 0.3 is 0 Å². The zero-order chi connectivity index (χ0) is 18.7. The topological polar surface area (TPSA) is 102 Å². The van der Waals surface area contributed by atoms with Gasteiger partial charge in [0.1, 0.15) is 5.01 Å². The molecule has 3 aromatic rings. The molecule has 1 amide bonds. The zero-order valence-corrected chi connectivity index (χ0v) is 15.6. The molecule has 0 radical (unpaired) electrons. The lowest BCUT2D eigenvalue weighted by Gasteiger charge is -2.04. The molecule has 0 atom stereocenters. The number of anilines is 1. The van der Waals surface area contributed by atoms with Crippen molar-refractivity contribution in [2.45, 2.75) is 18.2 Å². The summed E-state index contributed by atoms with van der Waals surface area (Å²) in [5.41, 5.74) is 3.31. The summed E-state index contributed by atoms with van der Waals surface area (Å²) in [7, 11) is -3.70. The van der Waals surface area contributed by atoms with Gasteiger partial charge < -0.3 is 5.32 Å². The molecule has 0 fully saturated rings. The third-order valence-corrected chi connectivity index (χ3v) is 5.54. The first-order valence-electron chi connectivity index (χ1n) is 7.86. The van der Waals surface area contributed by atoms with Gasteiger partial charge in [0.05, 0.1) is 10.6 Å². The second kappa shape index (κ2) is 7.36. The average Bonchev–Trinajstić information content (AvgIpc) is 3.12. The molecule has 2 aromatic carbocycles. The van der Waals surface area contributed by atoms with Crippen molar-refractivity contribution >= 4 is 33.0 Å². The van der Waals surface area contributed by atoms with Gasteiger partial charge in [0.25, 0.3) is 0 Å². The third-order valence-electron chi connectivity index (χ3n) is 3.72. The van der Waals surface area contributed by atoms with Gasteiger partial charge in [-0.1, -0.05) is 31.2 Å². The van der Waals surface area contributed by atoms with E-state index >= 15 is 0 Å². The van der Waals surface area contributed by atoms with Gasteiger partial charge in [-0.25, -0.2) is 18.5 Å². The Hall–Kier alpha value is -2.55. The first-order valence-corrected chi connectivity index (χ1v) is 10.3. The van der Waals surface area contributed by atoms with Gasteiger partial charge in [0.15, 0.2) is 0 Å². The number of nitrogens with zero attached hydrogens (tertiary/aromatic N) is 1. The molecule has 1 aromatic heterocycles. The Morgan fingerprint density at radius 2 is 1.69 bits per heavy atom. The van der Waals surface area contributed by atoms with Crippen LogP contribution in [0.5, 0.6) is 0 Å². The number of nitrogens with two attached hydrogens (primary N) is 1. The van der Waals surface area contributed by atoms with Crippen LogP contribution in [0.1, 0.15) is 13.3 Å². The number of sulfonamides is 1. The molecule has 6 nitrogen and oxygen atoms in total. The monoisotopic (exact) mass is 387 g/mol. The van der Waals surface area contributed by atoms with Crippen molar-refractivity contribution in [2.24, 2.45) is 5.14 Å². The maximum atomic E-state index is 11.4. The van der Waals surface area contributed by atoms with E-state index in [2.05, 4.69) is 10.3 Å². The average molecular weight is 387 g/mol. The Morgan fingerprint density at radius 3 is 2.27 bits per heavy atom.